The van der Waals surface area contributed by atoms with E-state index in [1.54, 1.807) is 6.20 Å². The van der Waals surface area contributed by atoms with Crippen molar-refractivity contribution in [1.29, 1.82) is 0 Å². The summed E-state index contributed by atoms with van der Waals surface area (Å²) >= 11 is 2.00. The number of thioether (sulfide) groups is 1. The molecule has 3 nitrogen and oxygen atoms in total. The van der Waals surface area contributed by atoms with E-state index in [9.17, 15) is 4.79 Å². The fourth-order valence-electron chi connectivity index (χ4n) is 3.07. The molecule has 0 N–H and O–H groups in total. The normalized spacial score (nSPS) is 25.2. The van der Waals surface area contributed by atoms with Gasteiger partial charge in [-0.15, -0.1) is 0 Å². The summed E-state index contributed by atoms with van der Waals surface area (Å²) in [6.45, 7) is 0.888. The number of benzene rings is 1. The number of pyridine rings is 1. The molecule has 0 radical (unpaired) electrons. The van der Waals surface area contributed by atoms with Crippen LogP contribution in [0.25, 0.3) is 10.8 Å². The van der Waals surface area contributed by atoms with E-state index in [-0.39, 0.29) is 5.91 Å². The van der Waals surface area contributed by atoms with Crippen LogP contribution in [-0.4, -0.2) is 39.4 Å². The van der Waals surface area contributed by atoms with E-state index in [1.807, 2.05) is 47.0 Å². The average molecular weight is 270 g/mol. The molecule has 3 heterocycles. The summed E-state index contributed by atoms with van der Waals surface area (Å²) in [5, 5.41) is 2.69. The lowest BCUT2D eigenvalue weighted by molar-refractivity contribution is 0.0744. The second kappa shape index (κ2) is 4.23. The van der Waals surface area contributed by atoms with Gasteiger partial charge < -0.3 is 4.90 Å². The van der Waals surface area contributed by atoms with Crippen LogP contribution in [0, 0.1) is 0 Å². The molecule has 4 rings (SSSR count). The topological polar surface area (TPSA) is 33.2 Å². The maximum atomic E-state index is 12.7. The second-order valence-electron chi connectivity index (χ2n) is 5.18. The number of aromatic nitrogens is 1. The molecule has 2 bridgehead atoms. The first-order valence-electron chi connectivity index (χ1n) is 6.59. The van der Waals surface area contributed by atoms with Gasteiger partial charge in [0.05, 0.1) is 0 Å². The van der Waals surface area contributed by atoms with Crippen molar-refractivity contribution in [2.24, 2.45) is 0 Å². The summed E-state index contributed by atoms with van der Waals surface area (Å²) in [6, 6.07) is 10.3. The van der Waals surface area contributed by atoms with Crippen molar-refractivity contribution in [3.8, 4) is 0 Å². The van der Waals surface area contributed by atoms with Gasteiger partial charge in [0.1, 0.15) is 5.69 Å². The molecule has 2 fully saturated rings. The Bertz CT molecular complexity index is 652. The summed E-state index contributed by atoms with van der Waals surface area (Å²) in [7, 11) is 0. The van der Waals surface area contributed by atoms with Crippen molar-refractivity contribution in [2.75, 3.05) is 12.3 Å². The minimum Gasteiger partial charge on any atom is -0.332 e. The van der Waals surface area contributed by atoms with Gasteiger partial charge in [0.15, 0.2) is 0 Å². The first kappa shape index (κ1) is 11.3. The highest BCUT2D eigenvalue weighted by atomic mass is 32.2. The predicted octanol–water partition coefficient (Wildman–Crippen LogP) is 2.56. The Morgan fingerprint density at radius 2 is 2.21 bits per heavy atom. The lowest BCUT2D eigenvalue weighted by Crippen LogP contribution is -2.39. The van der Waals surface area contributed by atoms with Gasteiger partial charge in [-0.2, -0.15) is 11.8 Å². The molecule has 0 unspecified atom stereocenters. The number of carbonyl (C=O) groups is 1. The van der Waals surface area contributed by atoms with Crippen molar-refractivity contribution in [3.63, 3.8) is 0 Å². The lowest BCUT2D eigenvalue weighted by atomic mass is 10.1. The minimum atomic E-state index is 0.101. The van der Waals surface area contributed by atoms with E-state index in [2.05, 4.69) is 4.98 Å². The van der Waals surface area contributed by atoms with Gasteiger partial charge in [-0.25, -0.2) is 0 Å². The van der Waals surface area contributed by atoms with Crippen LogP contribution in [0.1, 0.15) is 16.9 Å². The molecule has 19 heavy (non-hydrogen) atoms. The lowest BCUT2D eigenvalue weighted by Gasteiger charge is -2.26. The molecule has 2 saturated heterocycles. The van der Waals surface area contributed by atoms with Gasteiger partial charge in [0.25, 0.3) is 5.91 Å². The molecule has 0 aliphatic carbocycles. The molecule has 2 aliphatic heterocycles. The molecule has 4 heteroatoms. The molecule has 1 aromatic carbocycles. The molecule has 1 aromatic heterocycles. The zero-order chi connectivity index (χ0) is 12.8. The van der Waals surface area contributed by atoms with Gasteiger partial charge in [0.2, 0.25) is 0 Å². The smallest absolute Gasteiger partial charge is 0.273 e. The molecule has 1 amide bonds. The first-order valence-corrected chi connectivity index (χ1v) is 7.64. The Balaban J connectivity index is 1.76. The number of rotatable bonds is 1. The Kier molecular flexibility index (Phi) is 2.52. The van der Waals surface area contributed by atoms with Crippen LogP contribution >= 0.6 is 11.8 Å². The molecular weight excluding hydrogens is 256 g/mol. The molecule has 96 valence electrons. The van der Waals surface area contributed by atoms with E-state index in [0.717, 1.165) is 29.5 Å². The standard InChI is InChI=1S/C15H14N2OS/c18-15(17-8-12-7-11(17)9-19-12)14-13-4-2-1-3-10(13)5-6-16-14/h1-6,11-12H,7-9H2/t11-,12+/m0/s1. The molecule has 2 aromatic rings. The average Bonchev–Trinajstić information content (AvgIpc) is 3.08. The first-order chi connectivity index (χ1) is 9.33. The number of carbonyl (C=O) groups excluding carboxylic acids is 1. The van der Waals surface area contributed by atoms with E-state index in [4.69, 9.17) is 0 Å². The highest BCUT2D eigenvalue weighted by molar-refractivity contribution is 8.00. The third-order valence-corrected chi connectivity index (χ3v) is 5.43. The summed E-state index contributed by atoms with van der Waals surface area (Å²) < 4.78 is 0. The van der Waals surface area contributed by atoms with Crippen molar-refractivity contribution in [2.45, 2.75) is 17.7 Å². The number of amides is 1. The third kappa shape index (κ3) is 1.74. The molecule has 2 aliphatic rings. The number of fused-ring (bicyclic) bond motifs is 3. The third-order valence-electron chi connectivity index (χ3n) is 4.04. The van der Waals surface area contributed by atoms with Gasteiger partial charge in [0, 0.05) is 35.2 Å². The van der Waals surface area contributed by atoms with E-state index in [0.29, 0.717) is 17.0 Å². The Morgan fingerprint density at radius 3 is 3.00 bits per heavy atom. The van der Waals surface area contributed by atoms with Crippen LogP contribution in [-0.2, 0) is 0 Å². The van der Waals surface area contributed by atoms with Crippen molar-refractivity contribution in [1.82, 2.24) is 9.88 Å². The number of likely N-dealkylation sites (tertiary alicyclic amines) is 1. The van der Waals surface area contributed by atoms with E-state index >= 15 is 0 Å². The fraction of sp³-hybridized carbons (Fsp3) is 0.333. The Labute approximate surface area is 116 Å². The maximum Gasteiger partial charge on any atom is 0.273 e. The largest absolute Gasteiger partial charge is 0.332 e. The van der Waals surface area contributed by atoms with Crippen molar-refractivity contribution < 1.29 is 4.79 Å². The van der Waals surface area contributed by atoms with Crippen LogP contribution in [0.15, 0.2) is 36.5 Å². The monoisotopic (exact) mass is 270 g/mol. The van der Waals surface area contributed by atoms with Crippen molar-refractivity contribution in [3.05, 3.63) is 42.2 Å². The minimum absolute atomic E-state index is 0.101. The molecule has 2 atom stereocenters. The Morgan fingerprint density at radius 1 is 1.32 bits per heavy atom. The zero-order valence-corrected chi connectivity index (χ0v) is 11.3. The van der Waals surface area contributed by atoms with Crippen LogP contribution in [0.2, 0.25) is 0 Å². The van der Waals surface area contributed by atoms with Gasteiger partial charge in [-0.1, -0.05) is 24.3 Å². The number of hydrogen-bond acceptors (Lipinski definition) is 3. The van der Waals surface area contributed by atoms with Crippen LogP contribution < -0.4 is 0 Å². The summed E-state index contributed by atoms with van der Waals surface area (Å²) in [6.07, 6.45) is 2.89. The predicted molar refractivity (Wildman–Crippen MR) is 77.4 cm³/mol. The second-order valence-corrected chi connectivity index (χ2v) is 6.52. The maximum absolute atomic E-state index is 12.7. The van der Waals surface area contributed by atoms with Gasteiger partial charge >= 0.3 is 0 Å². The fourth-order valence-corrected chi connectivity index (χ4v) is 4.51. The van der Waals surface area contributed by atoms with Crippen LogP contribution in [0.5, 0.6) is 0 Å². The highest BCUT2D eigenvalue weighted by Crippen LogP contribution is 2.38. The molecule has 0 saturated carbocycles. The van der Waals surface area contributed by atoms with E-state index in [1.165, 1.54) is 0 Å². The molecular formula is C15H14N2OS. The summed E-state index contributed by atoms with van der Waals surface area (Å²) in [4.78, 5) is 19.1. The SMILES string of the molecule is O=C(c1nccc2ccccc12)N1C[C@H]2C[C@H]1CS2. The van der Waals surface area contributed by atoms with E-state index < -0.39 is 0 Å². The zero-order valence-electron chi connectivity index (χ0n) is 10.5. The van der Waals surface area contributed by atoms with Gasteiger partial charge in [-0.05, 0) is 17.9 Å². The number of nitrogens with zero attached hydrogens (tertiary/aromatic N) is 2. The van der Waals surface area contributed by atoms with Crippen LogP contribution in [0.4, 0.5) is 0 Å². The molecule has 0 spiro atoms. The highest BCUT2D eigenvalue weighted by Gasteiger charge is 2.41. The summed E-state index contributed by atoms with van der Waals surface area (Å²) in [5.41, 5.74) is 0.607. The summed E-state index contributed by atoms with van der Waals surface area (Å²) in [5.74, 6) is 1.19. The van der Waals surface area contributed by atoms with Gasteiger partial charge in [-0.3, -0.25) is 9.78 Å². The quantitative estimate of drug-likeness (QED) is 0.798. The van der Waals surface area contributed by atoms with Crippen molar-refractivity contribution >= 4 is 28.4 Å². The Hall–Kier alpha value is -1.55. The number of hydrogen-bond donors (Lipinski definition) is 0. The van der Waals surface area contributed by atoms with Crippen LogP contribution in [0.3, 0.4) is 0 Å².